The molecule has 1 unspecified atom stereocenters. The number of para-hydroxylation sites is 3. The molecule has 24 heavy (non-hydrogen) atoms. The normalized spacial score (nSPS) is 12.5. The number of rotatable bonds is 3. The van der Waals surface area contributed by atoms with Crippen molar-refractivity contribution >= 4 is 37.7 Å². The SMILES string of the molecule is O=[n+]1cc(C(O)Nc2nc3ccccc3s2)n([O-])c2ccccc21. The largest absolute Gasteiger partial charge is 0.805 e. The topological polar surface area (TPSA) is 96.1 Å². The van der Waals surface area contributed by atoms with E-state index in [1.54, 1.807) is 18.2 Å². The average molecular weight is 340 g/mol. The summed E-state index contributed by atoms with van der Waals surface area (Å²) in [5.41, 5.74) is 1.13. The Balaban J connectivity index is 1.74. The van der Waals surface area contributed by atoms with Gasteiger partial charge in [0.2, 0.25) is 0 Å². The third-order valence-corrected chi connectivity index (χ3v) is 4.62. The molecule has 0 aliphatic heterocycles. The van der Waals surface area contributed by atoms with Gasteiger partial charge in [0.25, 0.3) is 11.7 Å². The van der Waals surface area contributed by atoms with Gasteiger partial charge in [-0.2, -0.15) is 0 Å². The lowest BCUT2D eigenvalue weighted by Crippen LogP contribution is -2.24. The van der Waals surface area contributed by atoms with Crippen LogP contribution >= 0.6 is 11.3 Å². The number of fused-ring (bicyclic) bond motifs is 2. The molecule has 8 heteroatoms. The van der Waals surface area contributed by atoms with Crippen LogP contribution in [0.1, 0.15) is 11.9 Å². The Morgan fingerprint density at radius 1 is 1.21 bits per heavy atom. The Bertz CT molecular complexity index is 1070. The number of hydrogen-bond donors (Lipinski definition) is 2. The summed E-state index contributed by atoms with van der Waals surface area (Å²) in [5, 5.41) is 26.0. The highest BCUT2D eigenvalue weighted by Gasteiger charge is 2.19. The molecule has 7 nitrogen and oxygen atoms in total. The van der Waals surface area contributed by atoms with Crippen molar-refractivity contribution in [1.29, 1.82) is 0 Å². The van der Waals surface area contributed by atoms with E-state index in [-0.39, 0.29) is 16.7 Å². The Morgan fingerprint density at radius 3 is 2.79 bits per heavy atom. The number of benzene rings is 2. The van der Waals surface area contributed by atoms with Crippen molar-refractivity contribution in [3.8, 4) is 0 Å². The summed E-state index contributed by atoms with van der Waals surface area (Å²) in [6.45, 7) is 0. The fraction of sp³-hybridized carbons (Fsp3) is 0.0625. The summed E-state index contributed by atoms with van der Waals surface area (Å²) in [6.07, 6.45) is -0.284. The van der Waals surface area contributed by atoms with Gasteiger partial charge < -0.3 is 20.4 Å². The monoisotopic (exact) mass is 340 g/mol. The van der Waals surface area contributed by atoms with E-state index in [4.69, 9.17) is 0 Å². The number of nitrogens with one attached hydrogen (secondary N) is 1. The van der Waals surface area contributed by atoms with Gasteiger partial charge in [-0.05, 0) is 18.2 Å². The average Bonchev–Trinajstić information content (AvgIpc) is 3.00. The molecular weight excluding hydrogens is 328 g/mol. The molecule has 0 fully saturated rings. The minimum Gasteiger partial charge on any atom is -0.805 e. The maximum absolute atomic E-state index is 12.4. The third-order valence-electron chi connectivity index (χ3n) is 3.66. The zero-order chi connectivity index (χ0) is 16.7. The number of thiazole rings is 1. The van der Waals surface area contributed by atoms with Gasteiger partial charge in [-0.15, -0.1) is 0 Å². The summed E-state index contributed by atoms with van der Waals surface area (Å²) in [5.74, 6) is 0. The van der Waals surface area contributed by atoms with Crippen molar-refractivity contribution in [3.05, 3.63) is 70.5 Å². The number of aromatic nitrogens is 3. The number of hydrogen-bond acceptors (Lipinski definition) is 6. The molecule has 0 saturated carbocycles. The molecule has 0 saturated heterocycles. The van der Waals surface area contributed by atoms with E-state index in [9.17, 15) is 15.2 Å². The molecular formula is C16H12N4O3S. The van der Waals surface area contributed by atoms with Crippen LogP contribution in [0.25, 0.3) is 21.3 Å². The molecule has 0 amide bonds. The van der Waals surface area contributed by atoms with Gasteiger partial charge in [0.15, 0.2) is 11.4 Å². The first-order valence-electron chi connectivity index (χ1n) is 7.18. The molecule has 120 valence electrons. The number of aliphatic hydroxyl groups excluding tert-OH is 1. The maximum atomic E-state index is 12.4. The highest BCUT2D eigenvalue weighted by molar-refractivity contribution is 7.22. The molecule has 4 rings (SSSR count). The van der Waals surface area contributed by atoms with Crippen LogP contribution in [0.3, 0.4) is 0 Å². The van der Waals surface area contributed by atoms with Crippen molar-refractivity contribution in [1.82, 2.24) is 9.71 Å². The van der Waals surface area contributed by atoms with Gasteiger partial charge in [0.1, 0.15) is 11.2 Å². The standard InChI is InChI=1S/C16H12N4O3S/c21-15(18-16-17-10-5-1-4-8-14(10)24-16)13-9-19(22)11-6-2-3-7-12(11)20(13)23/h1-9,15,21H,(H,17,18). The van der Waals surface area contributed by atoms with Crippen LogP contribution in [-0.2, 0) is 0 Å². The van der Waals surface area contributed by atoms with E-state index >= 15 is 0 Å². The molecule has 1 atom stereocenters. The summed E-state index contributed by atoms with van der Waals surface area (Å²) in [4.78, 5) is 16.4. The van der Waals surface area contributed by atoms with Gasteiger partial charge in [0.05, 0.1) is 14.6 Å². The quantitative estimate of drug-likeness (QED) is 0.441. The summed E-state index contributed by atoms with van der Waals surface area (Å²) in [7, 11) is 0. The molecule has 0 spiro atoms. The Kier molecular flexibility index (Phi) is 3.40. The van der Waals surface area contributed by atoms with E-state index in [0.717, 1.165) is 16.4 Å². The molecule has 2 heterocycles. The van der Waals surface area contributed by atoms with E-state index in [0.29, 0.717) is 14.3 Å². The zero-order valence-electron chi connectivity index (χ0n) is 12.3. The van der Waals surface area contributed by atoms with Crippen molar-refractivity contribution in [2.75, 3.05) is 5.32 Å². The van der Waals surface area contributed by atoms with Crippen molar-refractivity contribution in [3.63, 3.8) is 0 Å². The zero-order valence-corrected chi connectivity index (χ0v) is 13.1. The molecule has 2 aromatic heterocycles. The van der Waals surface area contributed by atoms with Crippen LogP contribution < -0.4 is 9.74 Å². The van der Waals surface area contributed by atoms with Crippen LogP contribution in [0, 0.1) is 10.1 Å². The minimum absolute atomic E-state index is 0.0945. The van der Waals surface area contributed by atoms with Crippen LogP contribution in [0.4, 0.5) is 5.13 Å². The number of nitrogens with zero attached hydrogens (tertiary/aromatic N) is 3. The first kappa shape index (κ1) is 14.6. The number of aliphatic hydroxyl groups is 1. The predicted octanol–water partition coefficient (Wildman–Crippen LogP) is 2.61. The highest BCUT2D eigenvalue weighted by atomic mass is 32.1. The first-order valence-corrected chi connectivity index (χ1v) is 8.00. The Labute approximate surface area is 139 Å². The van der Waals surface area contributed by atoms with Gasteiger partial charge in [-0.25, -0.2) is 4.98 Å². The fourth-order valence-corrected chi connectivity index (χ4v) is 3.40. The molecule has 0 radical (unpaired) electrons. The van der Waals surface area contributed by atoms with Crippen molar-refractivity contribution in [2.24, 2.45) is 0 Å². The van der Waals surface area contributed by atoms with Crippen LogP contribution in [0.2, 0.25) is 0 Å². The Morgan fingerprint density at radius 2 is 1.96 bits per heavy atom. The molecule has 4 aromatic rings. The van der Waals surface area contributed by atoms with Crippen LogP contribution in [0.5, 0.6) is 0 Å². The van der Waals surface area contributed by atoms with Crippen LogP contribution in [0.15, 0.2) is 54.7 Å². The van der Waals surface area contributed by atoms with Gasteiger partial charge in [-0.3, -0.25) is 0 Å². The molecule has 0 bridgehead atoms. The van der Waals surface area contributed by atoms with E-state index in [2.05, 4.69) is 10.3 Å². The predicted molar refractivity (Wildman–Crippen MR) is 92.3 cm³/mol. The van der Waals surface area contributed by atoms with Gasteiger partial charge in [-0.1, -0.05) is 35.6 Å². The van der Waals surface area contributed by atoms with Crippen LogP contribution in [-0.4, -0.2) is 14.8 Å². The fourth-order valence-electron chi connectivity index (χ4n) is 2.51. The van der Waals surface area contributed by atoms with E-state index < -0.39 is 6.23 Å². The second-order valence-electron chi connectivity index (χ2n) is 5.20. The van der Waals surface area contributed by atoms with Crippen molar-refractivity contribution in [2.45, 2.75) is 6.23 Å². The molecule has 2 N–H and O–H groups in total. The molecule has 0 aliphatic carbocycles. The molecule has 0 aliphatic rings. The second kappa shape index (κ2) is 5.59. The smallest absolute Gasteiger partial charge is 0.285 e. The lowest BCUT2D eigenvalue weighted by molar-refractivity contribution is -0.465. The summed E-state index contributed by atoms with van der Waals surface area (Å²) in [6, 6.07) is 14.0. The maximum Gasteiger partial charge on any atom is 0.285 e. The second-order valence-corrected chi connectivity index (χ2v) is 6.23. The minimum atomic E-state index is -1.35. The van der Waals surface area contributed by atoms with E-state index in [1.807, 2.05) is 24.3 Å². The lowest BCUT2D eigenvalue weighted by Gasteiger charge is -2.20. The van der Waals surface area contributed by atoms with Gasteiger partial charge >= 0.3 is 0 Å². The summed E-state index contributed by atoms with van der Waals surface area (Å²) >= 11 is 1.36. The molecule has 2 aromatic carbocycles. The van der Waals surface area contributed by atoms with E-state index in [1.165, 1.54) is 17.4 Å². The van der Waals surface area contributed by atoms with Gasteiger partial charge in [0, 0.05) is 11.0 Å². The summed E-state index contributed by atoms with van der Waals surface area (Å²) < 4.78 is 2.08. The third kappa shape index (κ3) is 2.38. The highest BCUT2D eigenvalue weighted by Crippen LogP contribution is 2.28. The Hall–Kier alpha value is -2.97. The number of anilines is 1. The first-order chi connectivity index (χ1) is 11.6. The van der Waals surface area contributed by atoms with Crippen molar-refractivity contribution < 1.29 is 9.53 Å². The lowest BCUT2D eigenvalue weighted by atomic mass is 10.3.